The number of benzene rings is 1. The van der Waals surface area contributed by atoms with Crippen molar-refractivity contribution >= 4 is 37.5 Å². The monoisotopic (exact) mass is 363 g/mol. The SMILES string of the molecule is CCN(c1ccc(Br)cc1CBr)C(C)COC. The van der Waals surface area contributed by atoms with Crippen molar-refractivity contribution in [2.45, 2.75) is 25.2 Å². The molecule has 2 nitrogen and oxygen atoms in total. The third-order valence-electron chi connectivity index (χ3n) is 2.78. The molecule has 0 aliphatic carbocycles. The number of methoxy groups -OCH3 is 1. The van der Waals surface area contributed by atoms with E-state index in [1.165, 1.54) is 11.3 Å². The fourth-order valence-electron chi connectivity index (χ4n) is 1.99. The van der Waals surface area contributed by atoms with Crippen LogP contribution in [-0.4, -0.2) is 26.3 Å². The van der Waals surface area contributed by atoms with Crippen LogP contribution in [0.3, 0.4) is 0 Å². The number of likely N-dealkylation sites (N-methyl/N-ethyl adjacent to an activating group) is 1. The van der Waals surface area contributed by atoms with Crippen molar-refractivity contribution in [1.29, 1.82) is 0 Å². The summed E-state index contributed by atoms with van der Waals surface area (Å²) in [6.07, 6.45) is 0. The lowest BCUT2D eigenvalue weighted by molar-refractivity contribution is 0.182. The first-order valence-electron chi connectivity index (χ1n) is 5.74. The predicted octanol–water partition coefficient (Wildman–Crippen LogP) is 4.21. The van der Waals surface area contributed by atoms with Gasteiger partial charge in [0.15, 0.2) is 0 Å². The van der Waals surface area contributed by atoms with Gasteiger partial charge in [0, 0.05) is 35.2 Å². The van der Waals surface area contributed by atoms with Crippen LogP contribution in [0.15, 0.2) is 22.7 Å². The smallest absolute Gasteiger partial charge is 0.0663 e. The van der Waals surface area contributed by atoms with Gasteiger partial charge < -0.3 is 9.64 Å². The molecule has 4 heteroatoms. The normalized spacial score (nSPS) is 12.5. The van der Waals surface area contributed by atoms with Gasteiger partial charge in [-0.2, -0.15) is 0 Å². The lowest BCUT2D eigenvalue weighted by atomic mass is 10.1. The van der Waals surface area contributed by atoms with Crippen LogP contribution < -0.4 is 4.90 Å². The first-order valence-corrected chi connectivity index (χ1v) is 7.65. The van der Waals surface area contributed by atoms with E-state index in [0.717, 1.165) is 23.0 Å². The average molecular weight is 365 g/mol. The minimum atomic E-state index is 0.379. The largest absolute Gasteiger partial charge is 0.383 e. The minimum absolute atomic E-state index is 0.379. The van der Waals surface area contributed by atoms with Crippen LogP contribution in [0, 0.1) is 0 Å². The van der Waals surface area contributed by atoms with Gasteiger partial charge in [-0.3, -0.25) is 0 Å². The fraction of sp³-hybridized carbons (Fsp3) is 0.538. The van der Waals surface area contributed by atoms with Crippen molar-refractivity contribution in [3.63, 3.8) is 0 Å². The Balaban J connectivity index is 3.02. The van der Waals surface area contributed by atoms with Gasteiger partial charge in [0.1, 0.15) is 0 Å². The van der Waals surface area contributed by atoms with Gasteiger partial charge in [0.05, 0.1) is 6.61 Å². The molecule has 0 aliphatic heterocycles. The molecule has 1 aromatic rings. The molecule has 96 valence electrons. The molecular weight excluding hydrogens is 346 g/mol. The van der Waals surface area contributed by atoms with Gasteiger partial charge in [0.2, 0.25) is 0 Å². The number of anilines is 1. The summed E-state index contributed by atoms with van der Waals surface area (Å²) in [6, 6.07) is 6.79. The van der Waals surface area contributed by atoms with Crippen LogP contribution in [0.1, 0.15) is 19.4 Å². The van der Waals surface area contributed by atoms with Crippen LogP contribution in [0.25, 0.3) is 0 Å². The summed E-state index contributed by atoms with van der Waals surface area (Å²) in [7, 11) is 1.75. The molecule has 1 rings (SSSR count). The Hall–Kier alpha value is -0.0600. The quantitative estimate of drug-likeness (QED) is 0.701. The van der Waals surface area contributed by atoms with E-state index >= 15 is 0 Å². The van der Waals surface area contributed by atoms with Crippen molar-refractivity contribution in [3.05, 3.63) is 28.2 Å². The minimum Gasteiger partial charge on any atom is -0.383 e. The van der Waals surface area contributed by atoms with Crippen molar-refractivity contribution in [2.24, 2.45) is 0 Å². The Kier molecular flexibility index (Phi) is 6.52. The molecule has 0 N–H and O–H groups in total. The summed E-state index contributed by atoms with van der Waals surface area (Å²) in [4.78, 5) is 2.37. The van der Waals surface area contributed by atoms with Gasteiger partial charge in [-0.1, -0.05) is 31.9 Å². The Morgan fingerprint density at radius 3 is 2.65 bits per heavy atom. The van der Waals surface area contributed by atoms with E-state index in [1.54, 1.807) is 7.11 Å². The summed E-state index contributed by atoms with van der Waals surface area (Å²) in [6.45, 7) is 6.08. The summed E-state index contributed by atoms with van der Waals surface area (Å²) < 4.78 is 6.36. The molecule has 0 fully saturated rings. The lowest BCUT2D eigenvalue weighted by Gasteiger charge is -2.31. The first kappa shape index (κ1) is 15.0. The molecule has 0 amide bonds. The van der Waals surface area contributed by atoms with Crippen LogP contribution in [0.5, 0.6) is 0 Å². The molecule has 0 spiro atoms. The number of rotatable bonds is 6. The highest BCUT2D eigenvalue weighted by atomic mass is 79.9. The van der Waals surface area contributed by atoms with Crippen LogP contribution in [-0.2, 0) is 10.1 Å². The number of alkyl halides is 1. The zero-order valence-corrected chi connectivity index (χ0v) is 13.7. The Morgan fingerprint density at radius 2 is 2.12 bits per heavy atom. The highest BCUT2D eigenvalue weighted by Gasteiger charge is 2.15. The Bertz CT molecular complexity index is 357. The molecule has 0 saturated carbocycles. The standard InChI is InChI=1S/C13H19Br2NO/c1-4-16(10(2)9-17-3)13-6-5-12(15)7-11(13)8-14/h5-7,10H,4,8-9H2,1-3H3. The van der Waals surface area contributed by atoms with E-state index in [2.05, 4.69) is 68.8 Å². The first-order chi connectivity index (χ1) is 8.13. The van der Waals surface area contributed by atoms with Crippen molar-refractivity contribution in [3.8, 4) is 0 Å². The number of hydrogen-bond acceptors (Lipinski definition) is 2. The maximum atomic E-state index is 5.24. The molecule has 1 unspecified atom stereocenters. The van der Waals surface area contributed by atoms with Crippen molar-refractivity contribution in [1.82, 2.24) is 0 Å². The number of hydrogen-bond donors (Lipinski definition) is 0. The highest BCUT2D eigenvalue weighted by molar-refractivity contribution is 9.10. The lowest BCUT2D eigenvalue weighted by Crippen LogP contribution is -2.36. The molecule has 0 heterocycles. The Morgan fingerprint density at radius 1 is 1.41 bits per heavy atom. The van der Waals surface area contributed by atoms with E-state index in [4.69, 9.17) is 4.74 Å². The maximum Gasteiger partial charge on any atom is 0.0663 e. The second-order valence-electron chi connectivity index (χ2n) is 4.00. The van der Waals surface area contributed by atoms with Gasteiger partial charge in [-0.15, -0.1) is 0 Å². The second-order valence-corrected chi connectivity index (χ2v) is 5.47. The van der Waals surface area contributed by atoms with Gasteiger partial charge in [-0.05, 0) is 37.6 Å². The van der Waals surface area contributed by atoms with E-state index < -0.39 is 0 Å². The molecular formula is C13H19Br2NO. The van der Waals surface area contributed by atoms with E-state index in [0.29, 0.717) is 6.04 Å². The van der Waals surface area contributed by atoms with Gasteiger partial charge in [-0.25, -0.2) is 0 Å². The molecule has 0 saturated heterocycles. The molecule has 0 aromatic heterocycles. The summed E-state index contributed by atoms with van der Waals surface area (Å²) >= 11 is 7.06. The van der Waals surface area contributed by atoms with E-state index in [1.807, 2.05) is 0 Å². The molecule has 0 bridgehead atoms. The van der Waals surface area contributed by atoms with Gasteiger partial charge in [0.25, 0.3) is 0 Å². The van der Waals surface area contributed by atoms with Crippen molar-refractivity contribution in [2.75, 3.05) is 25.2 Å². The zero-order chi connectivity index (χ0) is 12.8. The number of ether oxygens (including phenoxy) is 1. The molecule has 1 aromatic carbocycles. The van der Waals surface area contributed by atoms with Gasteiger partial charge >= 0.3 is 0 Å². The van der Waals surface area contributed by atoms with Crippen LogP contribution >= 0.6 is 31.9 Å². The predicted molar refractivity (Wildman–Crippen MR) is 81.1 cm³/mol. The molecule has 0 aliphatic rings. The number of halogens is 2. The number of nitrogens with zero attached hydrogens (tertiary/aromatic N) is 1. The summed E-state index contributed by atoms with van der Waals surface area (Å²) in [5.74, 6) is 0. The Labute approximate surface area is 121 Å². The second kappa shape index (κ2) is 7.39. The third kappa shape index (κ3) is 3.97. The fourth-order valence-corrected chi connectivity index (χ4v) is 2.85. The third-order valence-corrected chi connectivity index (χ3v) is 3.87. The zero-order valence-electron chi connectivity index (χ0n) is 10.5. The average Bonchev–Trinajstić information content (AvgIpc) is 2.32. The maximum absolute atomic E-state index is 5.24. The highest BCUT2D eigenvalue weighted by Crippen LogP contribution is 2.27. The van der Waals surface area contributed by atoms with Crippen molar-refractivity contribution < 1.29 is 4.74 Å². The molecule has 0 radical (unpaired) electrons. The van der Waals surface area contributed by atoms with E-state index in [-0.39, 0.29) is 0 Å². The van der Waals surface area contributed by atoms with Crippen LogP contribution in [0.2, 0.25) is 0 Å². The molecule has 17 heavy (non-hydrogen) atoms. The topological polar surface area (TPSA) is 12.5 Å². The summed E-state index contributed by atoms with van der Waals surface area (Å²) in [5, 5.41) is 0.859. The summed E-state index contributed by atoms with van der Waals surface area (Å²) in [5.41, 5.74) is 2.57. The van der Waals surface area contributed by atoms with E-state index in [9.17, 15) is 0 Å². The van der Waals surface area contributed by atoms with Crippen LogP contribution in [0.4, 0.5) is 5.69 Å². The molecule has 1 atom stereocenters.